The minimum absolute atomic E-state index is 0.0856. The Morgan fingerprint density at radius 3 is 2.56 bits per heavy atom. The molecular formula is C30H35N3O2S. The highest BCUT2D eigenvalue weighted by molar-refractivity contribution is 8.00. The first-order chi connectivity index (χ1) is 17.5. The van der Waals surface area contributed by atoms with E-state index in [1.165, 1.54) is 16.0 Å². The highest BCUT2D eigenvalue weighted by Crippen LogP contribution is 2.35. The molecule has 188 valence electrons. The second-order valence-corrected chi connectivity index (χ2v) is 11.5. The summed E-state index contributed by atoms with van der Waals surface area (Å²) in [6.07, 6.45) is 2.84. The summed E-state index contributed by atoms with van der Waals surface area (Å²) < 4.78 is 5.29. The number of likely N-dealkylation sites (tertiary alicyclic amines) is 1. The smallest absolute Gasteiger partial charge is 0.241 e. The zero-order chi connectivity index (χ0) is 25.1. The molecule has 2 N–H and O–H groups in total. The van der Waals surface area contributed by atoms with E-state index >= 15 is 0 Å². The van der Waals surface area contributed by atoms with Gasteiger partial charge in [-0.15, -0.1) is 11.8 Å². The number of thioether (sulfide) groups is 1. The van der Waals surface area contributed by atoms with Crippen molar-refractivity contribution in [2.75, 3.05) is 30.8 Å². The fourth-order valence-corrected chi connectivity index (χ4v) is 6.45. The lowest BCUT2D eigenvalue weighted by molar-refractivity contribution is -0.120. The Labute approximate surface area is 218 Å². The Hall–Kier alpha value is -2.96. The van der Waals surface area contributed by atoms with Gasteiger partial charge in [0.25, 0.3) is 0 Å². The average molecular weight is 502 g/mol. The molecule has 5 nitrogen and oxygen atoms in total. The minimum Gasteiger partial charge on any atom is -0.497 e. The van der Waals surface area contributed by atoms with Gasteiger partial charge in [-0.25, -0.2) is 0 Å². The Morgan fingerprint density at radius 1 is 1.06 bits per heavy atom. The highest BCUT2D eigenvalue weighted by Gasteiger charge is 2.37. The number of benzene rings is 3. The molecule has 0 spiro atoms. The molecule has 0 aromatic heterocycles. The van der Waals surface area contributed by atoms with Gasteiger partial charge < -0.3 is 15.4 Å². The predicted octanol–water partition coefficient (Wildman–Crippen LogP) is 6.37. The Kier molecular flexibility index (Phi) is 7.54. The lowest BCUT2D eigenvalue weighted by atomic mass is 10.0. The summed E-state index contributed by atoms with van der Waals surface area (Å²) in [7, 11) is 1.69. The number of hydrogen-bond donors (Lipinski definition) is 2. The Bertz CT molecular complexity index is 1210. The van der Waals surface area contributed by atoms with Crippen LogP contribution in [0.25, 0.3) is 0 Å². The molecule has 1 saturated heterocycles. The maximum atomic E-state index is 13.5. The van der Waals surface area contributed by atoms with E-state index < -0.39 is 0 Å². The largest absolute Gasteiger partial charge is 0.497 e. The predicted molar refractivity (Wildman–Crippen MR) is 150 cm³/mol. The third-order valence-electron chi connectivity index (χ3n) is 6.96. The van der Waals surface area contributed by atoms with E-state index in [0.717, 1.165) is 55.2 Å². The molecule has 6 heteroatoms. The highest BCUT2D eigenvalue weighted by atomic mass is 32.2. The number of nitrogens with one attached hydrogen (secondary N) is 2. The standard InChI is InChI=1S/C30H35N3O2S/c1-20(2)18-33-19-26(36-25-14-12-24(35-3)13-15-25)17-29(33)30(34)31-23-11-10-22-9-8-21-6-4-5-7-27(21)32-28(22)16-23/h4-7,10-16,20,26,29,32H,8-9,17-19H2,1-3H3,(H,31,34)/t26-,29-/m0/s1. The van der Waals surface area contributed by atoms with Gasteiger partial charge in [-0.2, -0.15) is 0 Å². The third kappa shape index (κ3) is 5.71. The van der Waals surface area contributed by atoms with Crippen molar-refractivity contribution in [1.29, 1.82) is 0 Å². The fourth-order valence-electron chi connectivity index (χ4n) is 5.23. The van der Waals surface area contributed by atoms with Crippen LogP contribution in [0.3, 0.4) is 0 Å². The van der Waals surface area contributed by atoms with Crippen LogP contribution >= 0.6 is 11.8 Å². The zero-order valence-corrected chi connectivity index (χ0v) is 22.1. The van der Waals surface area contributed by atoms with E-state index in [-0.39, 0.29) is 11.9 Å². The maximum absolute atomic E-state index is 13.5. The van der Waals surface area contributed by atoms with Crippen molar-refractivity contribution < 1.29 is 9.53 Å². The van der Waals surface area contributed by atoms with Gasteiger partial charge in [0, 0.05) is 40.3 Å². The first-order valence-corrected chi connectivity index (χ1v) is 13.7. The SMILES string of the molecule is COc1ccc(S[C@H]2C[C@@H](C(=O)Nc3ccc4c(c3)Nc3ccccc3CC4)N(CC(C)C)C2)cc1. The molecule has 0 saturated carbocycles. The molecule has 2 aliphatic rings. The number of amides is 1. The fraction of sp³-hybridized carbons (Fsp3) is 0.367. The number of carbonyl (C=O) groups is 1. The molecule has 1 fully saturated rings. The summed E-state index contributed by atoms with van der Waals surface area (Å²) in [6.45, 7) is 6.26. The number of carbonyl (C=O) groups excluding carboxylic acids is 1. The van der Waals surface area contributed by atoms with Crippen LogP contribution in [0, 0.1) is 5.92 Å². The number of ether oxygens (including phenoxy) is 1. The molecule has 0 unspecified atom stereocenters. The van der Waals surface area contributed by atoms with Crippen molar-refractivity contribution in [3.63, 3.8) is 0 Å². The van der Waals surface area contributed by atoms with Gasteiger partial charge in [-0.1, -0.05) is 38.1 Å². The normalized spacial score (nSPS) is 19.2. The molecular weight excluding hydrogens is 466 g/mol. The van der Waals surface area contributed by atoms with Crippen LogP contribution in [-0.2, 0) is 17.6 Å². The van der Waals surface area contributed by atoms with Crippen molar-refractivity contribution >= 4 is 34.7 Å². The van der Waals surface area contributed by atoms with Gasteiger partial charge in [0.15, 0.2) is 0 Å². The van der Waals surface area contributed by atoms with Crippen LogP contribution in [-0.4, -0.2) is 42.3 Å². The van der Waals surface area contributed by atoms with Crippen LogP contribution < -0.4 is 15.4 Å². The van der Waals surface area contributed by atoms with Crippen LogP contribution in [0.5, 0.6) is 5.75 Å². The van der Waals surface area contributed by atoms with E-state index in [9.17, 15) is 4.79 Å². The van der Waals surface area contributed by atoms with Gasteiger partial charge in [-0.3, -0.25) is 9.69 Å². The Morgan fingerprint density at radius 2 is 1.81 bits per heavy atom. The van der Waals surface area contributed by atoms with Gasteiger partial charge >= 0.3 is 0 Å². The lowest BCUT2D eigenvalue weighted by Crippen LogP contribution is -2.41. The van der Waals surface area contributed by atoms with Gasteiger partial charge in [0.1, 0.15) is 5.75 Å². The first kappa shape index (κ1) is 24.7. The summed E-state index contributed by atoms with van der Waals surface area (Å²) in [5, 5.41) is 7.20. The van der Waals surface area contributed by atoms with E-state index in [2.05, 4.69) is 77.9 Å². The summed E-state index contributed by atoms with van der Waals surface area (Å²) in [5.74, 6) is 1.45. The maximum Gasteiger partial charge on any atom is 0.241 e. The molecule has 2 heterocycles. The Balaban J connectivity index is 1.28. The molecule has 3 aromatic carbocycles. The number of anilines is 3. The molecule has 2 atom stereocenters. The van der Waals surface area contributed by atoms with Gasteiger partial charge in [-0.05, 0) is 78.8 Å². The second kappa shape index (κ2) is 11.0. The average Bonchev–Trinajstić information content (AvgIpc) is 3.16. The topological polar surface area (TPSA) is 53.6 Å². The van der Waals surface area contributed by atoms with Crippen LogP contribution in [0.4, 0.5) is 17.1 Å². The molecule has 0 bridgehead atoms. The molecule has 5 rings (SSSR count). The number of aryl methyl sites for hydroxylation is 2. The number of fused-ring (bicyclic) bond motifs is 2. The zero-order valence-electron chi connectivity index (χ0n) is 21.3. The number of hydrogen-bond acceptors (Lipinski definition) is 5. The van der Waals surface area contributed by atoms with Crippen molar-refractivity contribution in [3.05, 3.63) is 77.9 Å². The number of methoxy groups -OCH3 is 1. The lowest BCUT2D eigenvalue weighted by Gasteiger charge is -2.25. The quantitative estimate of drug-likeness (QED) is 0.394. The summed E-state index contributed by atoms with van der Waals surface area (Å²) in [5.41, 5.74) is 5.69. The molecule has 2 aliphatic heterocycles. The van der Waals surface area contributed by atoms with Crippen molar-refractivity contribution in [2.24, 2.45) is 5.92 Å². The number of para-hydroxylation sites is 1. The van der Waals surface area contributed by atoms with Crippen molar-refractivity contribution in [3.8, 4) is 5.75 Å². The van der Waals surface area contributed by atoms with Crippen LogP contribution in [0.2, 0.25) is 0 Å². The van der Waals surface area contributed by atoms with Gasteiger partial charge in [0.2, 0.25) is 5.91 Å². The first-order valence-electron chi connectivity index (χ1n) is 12.8. The van der Waals surface area contributed by atoms with Gasteiger partial charge in [0.05, 0.1) is 13.2 Å². The summed E-state index contributed by atoms with van der Waals surface area (Å²) in [4.78, 5) is 17.1. The van der Waals surface area contributed by atoms with E-state index in [1.807, 2.05) is 30.0 Å². The summed E-state index contributed by atoms with van der Waals surface area (Å²) >= 11 is 1.86. The van der Waals surface area contributed by atoms with Crippen LogP contribution in [0.15, 0.2) is 71.6 Å². The van der Waals surface area contributed by atoms with E-state index in [0.29, 0.717) is 11.2 Å². The summed E-state index contributed by atoms with van der Waals surface area (Å²) in [6, 6.07) is 22.8. The van der Waals surface area contributed by atoms with Crippen molar-refractivity contribution in [2.45, 2.75) is 49.3 Å². The number of rotatable bonds is 7. The van der Waals surface area contributed by atoms with Crippen LogP contribution in [0.1, 0.15) is 31.4 Å². The van der Waals surface area contributed by atoms with E-state index in [4.69, 9.17) is 4.74 Å². The number of nitrogens with zero attached hydrogens (tertiary/aromatic N) is 1. The molecule has 0 aliphatic carbocycles. The molecule has 0 radical (unpaired) electrons. The third-order valence-corrected chi connectivity index (χ3v) is 8.18. The molecule has 36 heavy (non-hydrogen) atoms. The minimum atomic E-state index is -0.129. The molecule has 3 aromatic rings. The van der Waals surface area contributed by atoms with E-state index in [1.54, 1.807) is 7.11 Å². The monoisotopic (exact) mass is 501 g/mol. The molecule has 1 amide bonds. The van der Waals surface area contributed by atoms with Crippen molar-refractivity contribution in [1.82, 2.24) is 4.90 Å². The second-order valence-electron chi connectivity index (χ2n) is 10.2.